The summed E-state index contributed by atoms with van der Waals surface area (Å²) in [6.45, 7) is 0. The summed E-state index contributed by atoms with van der Waals surface area (Å²) in [5.41, 5.74) is 1.17. The SMILES string of the molecule is O=C(Nc1ccc(F)c(Cl)c1)C1=NN(c2ccccc2)C(=O)CC1. The lowest BCUT2D eigenvalue weighted by Crippen LogP contribution is -2.36. The molecule has 0 bridgehead atoms. The molecule has 2 aromatic rings. The van der Waals surface area contributed by atoms with Gasteiger partial charge in [-0.25, -0.2) is 9.40 Å². The third-order valence-corrected chi connectivity index (χ3v) is 3.76. The molecule has 1 heterocycles. The van der Waals surface area contributed by atoms with Crippen molar-refractivity contribution >= 4 is 40.5 Å². The molecule has 0 fully saturated rings. The zero-order chi connectivity index (χ0) is 17.1. The van der Waals surface area contributed by atoms with Crippen LogP contribution in [-0.4, -0.2) is 17.5 Å². The molecule has 5 nitrogen and oxygen atoms in total. The van der Waals surface area contributed by atoms with Gasteiger partial charge in [0.15, 0.2) is 0 Å². The average Bonchev–Trinajstić information content (AvgIpc) is 2.59. The molecule has 0 radical (unpaired) electrons. The monoisotopic (exact) mass is 345 g/mol. The molecule has 0 aromatic heterocycles. The van der Waals surface area contributed by atoms with Crippen molar-refractivity contribution in [1.82, 2.24) is 0 Å². The fourth-order valence-corrected chi connectivity index (χ4v) is 2.45. The van der Waals surface area contributed by atoms with Crippen molar-refractivity contribution in [2.75, 3.05) is 10.3 Å². The molecule has 0 unspecified atom stereocenters. The van der Waals surface area contributed by atoms with Crippen molar-refractivity contribution in [3.05, 3.63) is 59.4 Å². The number of benzene rings is 2. The number of hydrazone groups is 1. The Morgan fingerprint density at radius 2 is 1.92 bits per heavy atom. The van der Waals surface area contributed by atoms with Gasteiger partial charge < -0.3 is 5.32 Å². The quantitative estimate of drug-likeness (QED) is 0.923. The van der Waals surface area contributed by atoms with E-state index in [9.17, 15) is 14.0 Å². The van der Waals surface area contributed by atoms with Crippen molar-refractivity contribution in [3.8, 4) is 0 Å². The number of amides is 2. The first-order valence-corrected chi connectivity index (χ1v) is 7.64. The van der Waals surface area contributed by atoms with E-state index in [4.69, 9.17) is 11.6 Å². The predicted octanol–water partition coefficient (Wildman–Crippen LogP) is 3.60. The van der Waals surface area contributed by atoms with Crippen molar-refractivity contribution in [2.24, 2.45) is 5.10 Å². The van der Waals surface area contributed by atoms with E-state index in [1.807, 2.05) is 6.07 Å². The van der Waals surface area contributed by atoms with Gasteiger partial charge in [-0.1, -0.05) is 29.8 Å². The van der Waals surface area contributed by atoms with Gasteiger partial charge in [-0.2, -0.15) is 5.10 Å². The van der Waals surface area contributed by atoms with E-state index < -0.39 is 11.7 Å². The first kappa shape index (κ1) is 16.1. The van der Waals surface area contributed by atoms with Crippen LogP contribution in [0, 0.1) is 5.82 Å². The number of anilines is 2. The highest BCUT2D eigenvalue weighted by atomic mass is 35.5. The lowest BCUT2D eigenvalue weighted by molar-refractivity contribution is -0.118. The minimum absolute atomic E-state index is 0.0838. The maximum Gasteiger partial charge on any atom is 0.271 e. The molecule has 0 saturated heterocycles. The van der Waals surface area contributed by atoms with Crippen LogP contribution in [0.25, 0.3) is 0 Å². The Labute approximate surface area is 142 Å². The Balaban J connectivity index is 1.81. The van der Waals surface area contributed by atoms with E-state index in [1.54, 1.807) is 24.3 Å². The van der Waals surface area contributed by atoms with E-state index in [2.05, 4.69) is 10.4 Å². The molecule has 0 spiro atoms. The van der Waals surface area contributed by atoms with Gasteiger partial charge in [0, 0.05) is 18.5 Å². The molecule has 2 amide bonds. The topological polar surface area (TPSA) is 61.8 Å². The van der Waals surface area contributed by atoms with E-state index in [0.717, 1.165) is 0 Å². The van der Waals surface area contributed by atoms with Crippen LogP contribution in [0.4, 0.5) is 15.8 Å². The molecule has 0 aliphatic carbocycles. The number of hydrogen-bond donors (Lipinski definition) is 1. The minimum atomic E-state index is -0.564. The van der Waals surface area contributed by atoms with Crippen LogP contribution < -0.4 is 10.3 Å². The number of nitrogens with one attached hydrogen (secondary N) is 1. The van der Waals surface area contributed by atoms with Crippen LogP contribution in [0.3, 0.4) is 0 Å². The normalized spacial score (nSPS) is 14.3. The lowest BCUT2D eigenvalue weighted by Gasteiger charge is -2.23. The van der Waals surface area contributed by atoms with Gasteiger partial charge in [0.25, 0.3) is 5.91 Å². The zero-order valence-corrected chi connectivity index (χ0v) is 13.3. The van der Waals surface area contributed by atoms with Gasteiger partial charge in [-0.15, -0.1) is 0 Å². The number of rotatable bonds is 3. The lowest BCUT2D eigenvalue weighted by atomic mass is 10.1. The van der Waals surface area contributed by atoms with Gasteiger partial charge in [0.1, 0.15) is 11.5 Å². The molecule has 1 aliphatic rings. The summed E-state index contributed by atoms with van der Waals surface area (Å²) in [6.07, 6.45) is 0.425. The molecule has 0 saturated carbocycles. The third kappa shape index (κ3) is 3.44. The van der Waals surface area contributed by atoms with E-state index >= 15 is 0 Å². The van der Waals surface area contributed by atoms with Crippen LogP contribution in [0.1, 0.15) is 12.8 Å². The van der Waals surface area contributed by atoms with Gasteiger partial charge in [-0.3, -0.25) is 9.59 Å². The van der Waals surface area contributed by atoms with Gasteiger partial charge in [-0.05, 0) is 30.3 Å². The molecular weight excluding hydrogens is 333 g/mol. The van der Waals surface area contributed by atoms with Crippen molar-refractivity contribution in [3.63, 3.8) is 0 Å². The van der Waals surface area contributed by atoms with E-state index in [-0.39, 0.29) is 29.5 Å². The van der Waals surface area contributed by atoms with Crippen molar-refractivity contribution in [1.29, 1.82) is 0 Å². The first-order valence-electron chi connectivity index (χ1n) is 7.26. The smallest absolute Gasteiger partial charge is 0.271 e. The number of nitrogens with zero attached hydrogens (tertiary/aromatic N) is 2. The number of para-hydroxylation sites is 1. The summed E-state index contributed by atoms with van der Waals surface area (Å²) in [5, 5.41) is 7.89. The standard InChI is InChI=1S/C17H13ClFN3O2/c18-13-10-11(6-7-14(13)19)20-17(24)15-8-9-16(23)22(21-15)12-4-2-1-3-5-12/h1-7,10H,8-9H2,(H,20,24). The Morgan fingerprint density at radius 1 is 1.17 bits per heavy atom. The van der Waals surface area contributed by atoms with Crippen LogP contribution in [0.2, 0.25) is 5.02 Å². The number of carbonyl (C=O) groups excluding carboxylic acids is 2. The highest BCUT2D eigenvalue weighted by Crippen LogP contribution is 2.22. The Hall–Kier alpha value is -2.73. The van der Waals surface area contributed by atoms with Crippen LogP contribution >= 0.6 is 11.6 Å². The Kier molecular flexibility index (Phi) is 4.57. The zero-order valence-electron chi connectivity index (χ0n) is 12.5. The van der Waals surface area contributed by atoms with E-state index in [1.165, 1.54) is 23.2 Å². The third-order valence-electron chi connectivity index (χ3n) is 3.47. The fourth-order valence-electron chi connectivity index (χ4n) is 2.26. The summed E-state index contributed by atoms with van der Waals surface area (Å²) in [7, 11) is 0. The summed E-state index contributed by atoms with van der Waals surface area (Å²) >= 11 is 5.70. The second-order valence-electron chi connectivity index (χ2n) is 5.17. The second-order valence-corrected chi connectivity index (χ2v) is 5.58. The Morgan fingerprint density at radius 3 is 2.62 bits per heavy atom. The fraction of sp³-hybridized carbons (Fsp3) is 0.118. The summed E-state index contributed by atoms with van der Waals surface area (Å²) in [6, 6.07) is 12.8. The Bertz CT molecular complexity index is 824. The van der Waals surface area contributed by atoms with Gasteiger partial charge >= 0.3 is 0 Å². The van der Waals surface area contributed by atoms with E-state index in [0.29, 0.717) is 11.4 Å². The summed E-state index contributed by atoms with van der Waals surface area (Å²) in [4.78, 5) is 24.4. The number of carbonyl (C=O) groups is 2. The molecule has 24 heavy (non-hydrogen) atoms. The number of hydrogen-bond acceptors (Lipinski definition) is 3. The largest absolute Gasteiger partial charge is 0.321 e. The molecule has 122 valence electrons. The maximum absolute atomic E-state index is 13.2. The average molecular weight is 346 g/mol. The summed E-state index contributed by atoms with van der Waals surface area (Å²) in [5.74, 6) is -1.20. The molecular formula is C17H13ClFN3O2. The predicted molar refractivity (Wildman–Crippen MR) is 90.6 cm³/mol. The second kappa shape index (κ2) is 6.80. The van der Waals surface area contributed by atoms with Crippen molar-refractivity contribution < 1.29 is 14.0 Å². The van der Waals surface area contributed by atoms with Gasteiger partial charge in [0.2, 0.25) is 5.91 Å². The molecule has 7 heteroatoms. The van der Waals surface area contributed by atoms with Crippen LogP contribution in [-0.2, 0) is 9.59 Å². The van der Waals surface area contributed by atoms with Crippen molar-refractivity contribution in [2.45, 2.75) is 12.8 Å². The summed E-state index contributed by atoms with van der Waals surface area (Å²) < 4.78 is 13.2. The maximum atomic E-state index is 13.2. The minimum Gasteiger partial charge on any atom is -0.321 e. The molecule has 1 aliphatic heterocycles. The molecule has 1 N–H and O–H groups in total. The molecule has 3 rings (SSSR count). The van der Waals surface area contributed by atoms with Crippen LogP contribution in [0.15, 0.2) is 53.6 Å². The first-order chi connectivity index (χ1) is 11.5. The number of halogens is 2. The highest BCUT2D eigenvalue weighted by molar-refractivity contribution is 6.44. The van der Waals surface area contributed by atoms with Gasteiger partial charge in [0.05, 0.1) is 10.7 Å². The van der Waals surface area contributed by atoms with Crippen LogP contribution in [0.5, 0.6) is 0 Å². The molecule has 2 aromatic carbocycles. The molecule has 0 atom stereocenters. The highest BCUT2D eigenvalue weighted by Gasteiger charge is 2.25.